The molecule has 0 aromatic heterocycles. The third-order valence-electron chi connectivity index (χ3n) is 3.73. The molecule has 0 radical (unpaired) electrons. The van der Waals surface area contributed by atoms with Crippen LogP contribution in [-0.4, -0.2) is 40.6 Å². The van der Waals surface area contributed by atoms with E-state index in [0.717, 1.165) is 22.6 Å². The first-order valence-corrected chi connectivity index (χ1v) is 8.41. The predicted molar refractivity (Wildman–Crippen MR) is 86.5 cm³/mol. The zero-order valence-corrected chi connectivity index (χ0v) is 13.7. The summed E-state index contributed by atoms with van der Waals surface area (Å²) >= 11 is 1.55. The first-order chi connectivity index (χ1) is 10.4. The Morgan fingerprint density at radius 3 is 2.77 bits per heavy atom. The first kappa shape index (κ1) is 16.7. The number of benzene rings is 1. The van der Waals surface area contributed by atoms with Gasteiger partial charge in [0.2, 0.25) is 5.91 Å². The summed E-state index contributed by atoms with van der Waals surface area (Å²) in [6.45, 7) is 4.20. The molecular weight excluding hydrogens is 302 g/mol. The van der Waals surface area contributed by atoms with Crippen molar-refractivity contribution in [1.29, 1.82) is 0 Å². The summed E-state index contributed by atoms with van der Waals surface area (Å²) in [6.07, 6.45) is 0.615. The molecule has 5 nitrogen and oxygen atoms in total. The molecule has 1 unspecified atom stereocenters. The number of carbonyl (C=O) groups is 2. The number of carbonyl (C=O) groups excluding carboxylic acids is 1. The number of hydrogen-bond donors (Lipinski definition) is 2. The Hall–Kier alpha value is -1.69. The Balaban J connectivity index is 1.84. The van der Waals surface area contributed by atoms with Crippen molar-refractivity contribution in [2.24, 2.45) is 0 Å². The average Bonchev–Trinajstić information content (AvgIpc) is 2.91. The molecule has 1 aromatic rings. The van der Waals surface area contributed by atoms with Crippen LogP contribution in [0.25, 0.3) is 0 Å². The Morgan fingerprint density at radius 2 is 2.18 bits per heavy atom. The lowest BCUT2D eigenvalue weighted by molar-refractivity contribution is -0.146. The molecule has 0 bridgehead atoms. The van der Waals surface area contributed by atoms with Gasteiger partial charge in [-0.1, -0.05) is 17.7 Å². The molecule has 1 atom stereocenters. The minimum atomic E-state index is -1.11. The van der Waals surface area contributed by atoms with Crippen molar-refractivity contribution in [3.63, 3.8) is 0 Å². The fourth-order valence-corrected chi connectivity index (χ4v) is 3.76. The number of carboxylic acids is 1. The molecule has 22 heavy (non-hydrogen) atoms. The van der Waals surface area contributed by atoms with Gasteiger partial charge in [0, 0.05) is 5.75 Å². The maximum absolute atomic E-state index is 12.0. The number of aliphatic carboxylic acids is 1. The van der Waals surface area contributed by atoms with E-state index in [4.69, 9.17) is 4.74 Å². The second-order valence-electron chi connectivity index (χ2n) is 5.61. The van der Waals surface area contributed by atoms with Crippen molar-refractivity contribution >= 4 is 23.6 Å². The highest BCUT2D eigenvalue weighted by Gasteiger charge is 2.43. The molecule has 1 fully saturated rings. The summed E-state index contributed by atoms with van der Waals surface area (Å²) < 4.78 is 5.61. The zero-order chi connectivity index (χ0) is 16.2. The highest BCUT2D eigenvalue weighted by Crippen LogP contribution is 2.28. The predicted octanol–water partition coefficient (Wildman–Crippen LogP) is 2.15. The van der Waals surface area contributed by atoms with Crippen LogP contribution in [0.1, 0.15) is 24.0 Å². The number of aryl methyl sites for hydroxylation is 2. The number of thioether (sulfide) groups is 1. The van der Waals surface area contributed by atoms with Crippen LogP contribution in [0.5, 0.6) is 5.75 Å². The monoisotopic (exact) mass is 323 g/mol. The van der Waals surface area contributed by atoms with Crippen LogP contribution in [0.4, 0.5) is 0 Å². The molecular formula is C16H21NO4S. The van der Waals surface area contributed by atoms with Crippen LogP contribution < -0.4 is 10.1 Å². The largest absolute Gasteiger partial charge is 0.493 e. The van der Waals surface area contributed by atoms with Gasteiger partial charge >= 0.3 is 5.97 Å². The third kappa shape index (κ3) is 3.94. The second kappa shape index (κ2) is 7.05. The van der Waals surface area contributed by atoms with Crippen LogP contribution in [0.3, 0.4) is 0 Å². The molecule has 1 heterocycles. The molecule has 1 aromatic carbocycles. The van der Waals surface area contributed by atoms with E-state index in [9.17, 15) is 14.7 Å². The minimum Gasteiger partial charge on any atom is -0.493 e. The number of nitrogens with one attached hydrogen (secondary N) is 1. The number of amides is 1. The lowest BCUT2D eigenvalue weighted by Gasteiger charge is -2.24. The van der Waals surface area contributed by atoms with E-state index >= 15 is 0 Å². The standard InChI is InChI=1S/C16H21NO4S/c1-11-3-4-13(12(2)9-11)21-7-5-14(18)17-16(15(19)20)6-8-22-10-16/h3-4,9H,5-8,10H2,1-2H3,(H,17,18)(H,19,20). The van der Waals surface area contributed by atoms with Crippen molar-refractivity contribution in [3.05, 3.63) is 29.3 Å². The molecule has 6 heteroatoms. The second-order valence-corrected chi connectivity index (χ2v) is 6.71. The number of ether oxygens (including phenoxy) is 1. The van der Waals surface area contributed by atoms with E-state index in [2.05, 4.69) is 5.32 Å². The molecule has 2 rings (SSSR count). The molecule has 1 amide bonds. The molecule has 1 saturated heterocycles. The summed E-state index contributed by atoms with van der Waals surface area (Å²) in [5.74, 6) is 0.691. The van der Waals surface area contributed by atoms with E-state index in [1.807, 2.05) is 32.0 Å². The van der Waals surface area contributed by atoms with Crippen LogP contribution >= 0.6 is 11.8 Å². The molecule has 1 aliphatic rings. The summed E-state index contributed by atoms with van der Waals surface area (Å²) in [4.78, 5) is 23.3. The van der Waals surface area contributed by atoms with E-state index in [1.165, 1.54) is 0 Å². The fraction of sp³-hybridized carbons (Fsp3) is 0.500. The van der Waals surface area contributed by atoms with Crippen LogP contribution in [0.15, 0.2) is 18.2 Å². The van der Waals surface area contributed by atoms with Gasteiger partial charge < -0.3 is 15.2 Å². The Morgan fingerprint density at radius 1 is 1.41 bits per heavy atom. The van der Waals surface area contributed by atoms with Gasteiger partial charge in [-0.15, -0.1) is 0 Å². The molecule has 2 N–H and O–H groups in total. The van der Waals surface area contributed by atoms with E-state index in [0.29, 0.717) is 12.2 Å². The van der Waals surface area contributed by atoms with Crippen molar-refractivity contribution < 1.29 is 19.4 Å². The van der Waals surface area contributed by atoms with Crippen molar-refractivity contribution in [2.45, 2.75) is 32.2 Å². The maximum Gasteiger partial charge on any atom is 0.330 e. The topological polar surface area (TPSA) is 75.6 Å². The maximum atomic E-state index is 12.0. The van der Waals surface area contributed by atoms with Gasteiger partial charge in [0.15, 0.2) is 0 Å². The van der Waals surface area contributed by atoms with Crippen molar-refractivity contribution in [3.8, 4) is 5.75 Å². The van der Waals surface area contributed by atoms with Gasteiger partial charge in [0.25, 0.3) is 0 Å². The molecule has 0 saturated carbocycles. The highest BCUT2D eigenvalue weighted by atomic mass is 32.2. The minimum absolute atomic E-state index is 0.146. The van der Waals surface area contributed by atoms with E-state index in [-0.39, 0.29) is 18.9 Å². The number of hydrogen-bond acceptors (Lipinski definition) is 4. The fourth-order valence-electron chi connectivity index (χ4n) is 2.43. The molecule has 0 spiro atoms. The summed E-state index contributed by atoms with van der Waals surface area (Å²) in [7, 11) is 0. The van der Waals surface area contributed by atoms with Gasteiger partial charge in [0.05, 0.1) is 13.0 Å². The zero-order valence-electron chi connectivity index (χ0n) is 12.8. The third-order valence-corrected chi connectivity index (χ3v) is 4.92. The van der Waals surface area contributed by atoms with Crippen molar-refractivity contribution in [2.75, 3.05) is 18.1 Å². The number of carboxylic acid groups (broad SMARTS) is 1. The summed E-state index contributed by atoms with van der Waals surface area (Å²) in [5, 5.41) is 12.0. The van der Waals surface area contributed by atoms with Crippen molar-refractivity contribution in [1.82, 2.24) is 5.32 Å². The van der Waals surface area contributed by atoms with Crippen LogP contribution in [0.2, 0.25) is 0 Å². The van der Waals surface area contributed by atoms with E-state index in [1.54, 1.807) is 11.8 Å². The van der Waals surface area contributed by atoms with Crippen LogP contribution in [0, 0.1) is 13.8 Å². The van der Waals surface area contributed by atoms with Gasteiger partial charge in [-0.2, -0.15) is 11.8 Å². The number of rotatable bonds is 6. The van der Waals surface area contributed by atoms with E-state index < -0.39 is 11.5 Å². The molecule has 0 aliphatic carbocycles. The van der Waals surface area contributed by atoms with Crippen LogP contribution in [-0.2, 0) is 9.59 Å². The Kier molecular flexibility index (Phi) is 5.34. The Bertz CT molecular complexity index is 567. The SMILES string of the molecule is Cc1ccc(OCCC(=O)NC2(C(=O)O)CCSC2)c(C)c1. The smallest absolute Gasteiger partial charge is 0.330 e. The highest BCUT2D eigenvalue weighted by molar-refractivity contribution is 7.99. The molecule has 120 valence electrons. The lowest BCUT2D eigenvalue weighted by atomic mass is 9.99. The first-order valence-electron chi connectivity index (χ1n) is 7.25. The van der Waals surface area contributed by atoms with Gasteiger partial charge in [-0.25, -0.2) is 4.79 Å². The summed E-state index contributed by atoms with van der Waals surface area (Å²) in [5.41, 5.74) is 1.07. The summed E-state index contributed by atoms with van der Waals surface area (Å²) in [6, 6.07) is 5.86. The Labute approximate surface area is 134 Å². The van der Waals surface area contributed by atoms with Gasteiger partial charge in [0.1, 0.15) is 11.3 Å². The lowest BCUT2D eigenvalue weighted by Crippen LogP contribution is -2.54. The quantitative estimate of drug-likeness (QED) is 0.839. The van der Waals surface area contributed by atoms with Gasteiger partial charge in [-0.05, 0) is 37.7 Å². The average molecular weight is 323 g/mol. The van der Waals surface area contributed by atoms with Gasteiger partial charge in [-0.3, -0.25) is 4.79 Å². The normalized spacial score (nSPS) is 20.6. The molecule has 1 aliphatic heterocycles.